The highest BCUT2D eigenvalue weighted by Gasteiger charge is 2.40. The van der Waals surface area contributed by atoms with Crippen LogP contribution in [0.1, 0.15) is 39.5 Å². The summed E-state index contributed by atoms with van der Waals surface area (Å²) in [7, 11) is 0. The summed E-state index contributed by atoms with van der Waals surface area (Å²) >= 11 is 0. The number of hydrogen-bond donors (Lipinski definition) is 0. The van der Waals surface area contributed by atoms with E-state index in [-0.39, 0.29) is 11.3 Å². The molecule has 1 heterocycles. The lowest BCUT2D eigenvalue weighted by Crippen LogP contribution is -2.26. The lowest BCUT2D eigenvalue weighted by molar-refractivity contribution is -0.121. The number of carbonyl (C=O) groups excluding carboxylic acids is 1. The van der Waals surface area contributed by atoms with E-state index in [0.29, 0.717) is 12.4 Å². The van der Waals surface area contributed by atoms with Crippen LogP contribution in [0.5, 0.6) is 0 Å². The molecule has 0 aromatic carbocycles. The van der Waals surface area contributed by atoms with E-state index < -0.39 is 0 Å². The third-order valence-corrected chi connectivity index (χ3v) is 3.61. The van der Waals surface area contributed by atoms with Gasteiger partial charge in [0.15, 0.2) is 5.78 Å². The molecule has 1 unspecified atom stereocenters. The Labute approximate surface area is 85.3 Å². The van der Waals surface area contributed by atoms with Gasteiger partial charge in [0.25, 0.3) is 0 Å². The largest absolute Gasteiger partial charge is 0.500 e. The van der Waals surface area contributed by atoms with Gasteiger partial charge < -0.3 is 4.74 Å². The van der Waals surface area contributed by atoms with Gasteiger partial charge in [0.1, 0.15) is 0 Å². The summed E-state index contributed by atoms with van der Waals surface area (Å²) in [5.74, 6) is 0.570. The minimum absolute atomic E-state index is 0.195. The average Bonchev–Trinajstić information content (AvgIpc) is 2.71. The number of carbonyl (C=O) groups is 1. The van der Waals surface area contributed by atoms with Crippen LogP contribution < -0.4 is 0 Å². The van der Waals surface area contributed by atoms with Gasteiger partial charge in [0.2, 0.25) is 0 Å². The molecule has 2 rings (SSSR count). The van der Waals surface area contributed by atoms with Crippen LogP contribution in [-0.2, 0) is 9.53 Å². The van der Waals surface area contributed by atoms with E-state index in [1.165, 1.54) is 12.8 Å². The Morgan fingerprint density at radius 2 is 2.36 bits per heavy atom. The molecule has 1 aliphatic heterocycles. The maximum Gasteiger partial charge on any atom is 0.165 e. The van der Waals surface area contributed by atoms with Crippen LogP contribution in [0, 0.1) is 11.3 Å². The first-order valence-corrected chi connectivity index (χ1v) is 5.46. The Hall–Kier alpha value is -0.790. The monoisotopic (exact) mass is 194 g/mol. The molecule has 0 radical (unpaired) electrons. The van der Waals surface area contributed by atoms with Crippen molar-refractivity contribution in [3.05, 3.63) is 11.8 Å². The van der Waals surface area contributed by atoms with Crippen molar-refractivity contribution in [1.29, 1.82) is 0 Å². The molecule has 2 heteroatoms. The van der Waals surface area contributed by atoms with Gasteiger partial charge in [-0.15, -0.1) is 0 Å². The van der Waals surface area contributed by atoms with Crippen LogP contribution in [0.2, 0.25) is 0 Å². The summed E-state index contributed by atoms with van der Waals surface area (Å²) in [6.45, 7) is 5.10. The Bertz CT molecular complexity index is 276. The summed E-state index contributed by atoms with van der Waals surface area (Å²) in [5, 5.41) is 0. The highest BCUT2D eigenvalue weighted by Crippen LogP contribution is 2.44. The van der Waals surface area contributed by atoms with Crippen molar-refractivity contribution in [3.8, 4) is 0 Å². The second-order valence-corrected chi connectivity index (χ2v) is 5.06. The minimum atomic E-state index is 0.195. The Kier molecular flexibility index (Phi) is 2.38. The fourth-order valence-electron chi connectivity index (χ4n) is 2.61. The first-order chi connectivity index (χ1) is 6.61. The summed E-state index contributed by atoms with van der Waals surface area (Å²) in [4.78, 5) is 12.1. The van der Waals surface area contributed by atoms with E-state index in [2.05, 4.69) is 13.8 Å². The molecule has 1 aliphatic carbocycles. The van der Waals surface area contributed by atoms with Gasteiger partial charge in [0.05, 0.1) is 12.9 Å². The molecule has 0 N–H and O–H groups in total. The number of Topliss-reactive ketones (excluding diaryl/α,β-unsaturated/α-hetero) is 1. The SMILES string of the molecule is CC1(C)CCCC1C(=O)C1=COCC1. The molecule has 2 nitrogen and oxygen atoms in total. The quantitative estimate of drug-likeness (QED) is 0.675. The lowest BCUT2D eigenvalue weighted by atomic mass is 9.77. The molecule has 0 saturated heterocycles. The van der Waals surface area contributed by atoms with Crippen LogP contribution in [0.4, 0.5) is 0 Å². The van der Waals surface area contributed by atoms with Crippen molar-refractivity contribution in [1.82, 2.24) is 0 Å². The van der Waals surface area contributed by atoms with Crippen LogP contribution in [0.3, 0.4) is 0 Å². The molecule has 0 spiro atoms. The standard InChI is InChI=1S/C12H18O2/c1-12(2)6-3-4-10(12)11(13)9-5-7-14-8-9/h8,10H,3-7H2,1-2H3. The predicted octanol–water partition coefficient (Wildman–Crippen LogP) is 2.69. The zero-order chi connectivity index (χ0) is 10.2. The number of ketones is 1. The molecule has 0 bridgehead atoms. The second kappa shape index (κ2) is 3.41. The zero-order valence-electron chi connectivity index (χ0n) is 9.01. The average molecular weight is 194 g/mol. The van der Waals surface area contributed by atoms with Crippen molar-refractivity contribution in [2.24, 2.45) is 11.3 Å². The van der Waals surface area contributed by atoms with Crippen molar-refractivity contribution < 1.29 is 9.53 Å². The third-order valence-electron chi connectivity index (χ3n) is 3.61. The van der Waals surface area contributed by atoms with E-state index in [9.17, 15) is 4.79 Å². The van der Waals surface area contributed by atoms with E-state index >= 15 is 0 Å². The molecular formula is C12H18O2. The van der Waals surface area contributed by atoms with Gasteiger partial charge in [-0.05, 0) is 18.3 Å². The number of rotatable bonds is 2. The Morgan fingerprint density at radius 1 is 1.57 bits per heavy atom. The third kappa shape index (κ3) is 1.58. The van der Waals surface area contributed by atoms with Crippen molar-refractivity contribution >= 4 is 5.78 Å². The maximum absolute atomic E-state index is 12.1. The van der Waals surface area contributed by atoms with Crippen molar-refractivity contribution in [2.45, 2.75) is 39.5 Å². The van der Waals surface area contributed by atoms with Crippen molar-refractivity contribution in [2.75, 3.05) is 6.61 Å². The molecule has 14 heavy (non-hydrogen) atoms. The molecule has 0 aromatic heterocycles. The molecule has 2 aliphatic rings. The molecule has 1 saturated carbocycles. The molecule has 0 amide bonds. The van der Waals surface area contributed by atoms with Gasteiger partial charge in [-0.2, -0.15) is 0 Å². The fraction of sp³-hybridized carbons (Fsp3) is 0.750. The minimum Gasteiger partial charge on any atom is -0.500 e. The fourth-order valence-corrected chi connectivity index (χ4v) is 2.61. The molecule has 78 valence electrons. The van der Waals surface area contributed by atoms with Gasteiger partial charge in [0, 0.05) is 17.9 Å². The molecule has 1 atom stereocenters. The first kappa shape index (κ1) is 9.75. The van der Waals surface area contributed by atoms with Crippen LogP contribution >= 0.6 is 0 Å². The molecule has 0 aromatic rings. The van der Waals surface area contributed by atoms with E-state index in [1.54, 1.807) is 6.26 Å². The van der Waals surface area contributed by atoms with Gasteiger partial charge in [-0.25, -0.2) is 0 Å². The summed E-state index contributed by atoms with van der Waals surface area (Å²) < 4.78 is 5.12. The highest BCUT2D eigenvalue weighted by molar-refractivity contribution is 5.97. The van der Waals surface area contributed by atoms with Crippen molar-refractivity contribution in [3.63, 3.8) is 0 Å². The zero-order valence-corrected chi connectivity index (χ0v) is 9.01. The summed E-state index contributed by atoms with van der Waals surface area (Å²) in [6, 6.07) is 0. The van der Waals surface area contributed by atoms with Crippen LogP contribution in [0.25, 0.3) is 0 Å². The topological polar surface area (TPSA) is 26.3 Å². The van der Waals surface area contributed by atoms with E-state index in [1.807, 2.05) is 0 Å². The number of ether oxygens (including phenoxy) is 1. The highest BCUT2D eigenvalue weighted by atomic mass is 16.5. The predicted molar refractivity (Wildman–Crippen MR) is 54.8 cm³/mol. The van der Waals surface area contributed by atoms with E-state index in [0.717, 1.165) is 18.4 Å². The smallest absolute Gasteiger partial charge is 0.165 e. The van der Waals surface area contributed by atoms with Gasteiger partial charge in [-0.3, -0.25) is 4.79 Å². The molecule has 1 fully saturated rings. The van der Waals surface area contributed by atoms with Crippen LogP contribution in [-0.4, -0.2) is 12.4 Å². The summed E-state index contributed by atoms with van der Waals surface area (Å²) in [5.41, 5.74) is 1.10. The maximum atomic E-state index is 12.1. The van der Waals surface area contributed by atoms with E-state index in [4.69, 9.17) is 4.74 Å². The number of hydrogen-bond acceptors (Lipinski definition) is 2. The first-order valence-electron chi connectivity index (χ1n) is 5.46. The second-order valence-electron chi connectivity index (χ2n) is 5.06. The molecular weight excluding hydrogens is 176 g/mol. The Morgan fingerprint density at radius 3 is 2.86 bits per heavy atom. The van der Waals surface area contributed by atoms with Gasteiger partial charge in [-0.1, -0.05) is 20.3 Å². The lowest BCUT2D eigenvalue weighted by Gasteiger charge is -2.25. The summed E-state index contributed by atoms with van der Waals surface area (Å²) in [6.07, 6.45) is 5.90. The van der Waals surface area contributed by atoms with Crippen LogP contribution in [0.15, 0.2) is 11.8 Å². The van der Waals surface area contributed by atoms with Gasteiger partial charge >= 0.3 is 0 Å². The Balaban J connectivity index is 2.11. The normalized spacial score (nSPS) is 29.9.